The van der Waals surface area contributed by atoms with Crippen molar-refractivity contribution in [1.82, 2.24) is 0 Å². The maximum absolute atomic E-state index is 11.3. The zero-order valence-corrected chi connectivity index (χ0v) is 22.8. The van der Waals surface area contributed by atoms with E-state index in [1.54, 1.807) is 11.8 Å². The van der Waals surface area contributed by atoms with E-state index in [2.05, 4.69) is 102 Å². The Kier molecular flexibility index (Phi) is 10.6. The van der Waals surface area contributed by atoms with Crippen molar-refractivity contribution in [2.24, 2.45) is 0 Å². The highest BCUT2D eigenvalue weighted by Crippen LogP contribution is 2.35. The minimum Gasteiger partial charge on any atom is -0.324 e. The van der Waals surface area contributed by atoms with Gasteiger partial charge in [0.1, 0.15) is 0 Å². The molecule has 0 saturated carbocycles. The quantitative estimate of drug-likeness (QED) is 0.373. The van der Waals surface area contributed by atoms with E-state index in [0.717, 1.165) is 5.69 Å². The van der Waals surface area contributed by atoms with E-state index in [-0.39, 0.29) is 11.2 Å². The molecule has 1 unspecified atom stereocenters. The molecule has 0 spiro atoms. The summed E-state index contributed by atoms with van der Waals surface area (Å²) in [6.07, 6.45) is 0. The minimum atomic E-state index is 0.0225. The summed E-state index contributed by atoms with van der Waals surface area (Å²) in [6.45, 7) is 16.9. The van der Waals surface area contributed by atoms with Crippen molar-refractivity contribution in [3.63, 3.8) is 0 Å². The van der Waals surface area contributed by atoms with Crippen LogP contribution >= 0.6 is 23.5 Å². The Morgan fingerprint density at radius 3 is 1.88 bits per heavy atom. The number of amides is 1. The van der Waals surface area contributed by atoms with Crippen molar-refractivity contribution >= 4 is 35.1 Å². The molecule has 0 radical (unpaired) electrons. The van der Waals surface area contributed by atoms with Gasteiger partial charge in [-0.15, -0.1) is 23.5 Å². The summed E-state index contributed by atoms with van der Waals surface area (Å²) in [5.74, 6) is 0.0985. The van der Waals surface area contributed by atoms with Crippen LogP contribution in [0.3, 0.4) is 0 Å². The van der Waals surface area contributed by atoms with Gasteiger partial charge in [-0.1, -0.05) is 73.0 Å². The van der Waals surface area contributed by atoms with Crippen LogP contribution in [0.4, 0.5) is 5.69 Å². The normalized spacial score (nSPS) is 14.3. The summed E-state index contributed by atoms with van der Waals surface area (Å²) in [5.41, 5.74) is 7.57. The largest absolute Gasteiger partial charge is 0.324 e. The van der Waals surface area contributed by atoms with Crippen molar-refractivity contribution in [2.45, 2.75) is 75.7 Å². The molecule has 2 nitrogen and oxygen atoms in total. The third-order valence-corrected chi connectivity index (χ3v) is 7.32. The summed E-state index contributed by atoms with van der Waals surface area (Å²) in [5, 5.41) is 3.57. The summed E-state index contributed by atoms with van der Waals surface area (Å²) in [4.78, 5) is 13.9. The number of hydrogen-bond donors (Lipinski definition) is 1. The van der Waals surface area contributed by atoms with Gasteiger partial charge in [-0.05, 0) is 70.9 Å². The Morgan fingerprint density at radius 1 is 0.788 bits per heavy atom. The number of carbonyl (C=O) groups excluding carboxylic acids is 1. The fourth-order valence-corrected chi connectivity index (χ4v) is 5.10. The number of rotatable bonds is 2. The predicted octanol–water partition coefficient (Wildman–Crippen LogP) is 8.54. The van der Waals surface area contributed by atoms with Crippen LogP contribution in [0.15, 0.2) is 70.5 Å². The first-order chi connectivity index (χ1) is 15.5. The van der Waals surface area contributed by atoms with Crippen LogP contribution in [0.5, 0.6) is 0 Å². The molecule has 3 aromatic rings. The van der Waals surface area contributed by atoms with Crippen molar-refractivity contribution < 1.29 is 4.79 Å². The first-order valence-electron chi connectivity index (χ1n) is 11.4. The molecule has 3 aromatic carbocycles. The molecule has 0 saturated heterocycles. The van der Waals surface area contributed by atoms with Crippen molar-refractivity contribution in [2.75, 3.05) is 5.32 Å². The van der Waals surface area contributed by atoms with Crippen LogP contribution in [0, 0.1) is 34.6 Å². The molecular formula is C29H37NOS2. The Labute approximate surface area is 209 Å². The highest BCUT2D eigenvalue weighted by atomic mass is 32.2. The van der Waals surface area contributed by atoms with E-state index >= 15 is 0 Å². The first-order valence-corrected chi connectivity index (χ1v) is 13.2. The zero-order chi connectivity index (χ0) is 24.5. The van der Waals surface area contributed by atoms with Gasteiger partial charge in [-0.25, -0.2) is 0 Å². The first kappa shape index (κ1) is 27.1. The monoisotopic (exact) mass is 479 g/mol. The Hall–Kier alpha value is -2.17. The molecule has 1 atom stereocenters. The Morgan fingerprint density at radius 2 is 1.30 bits per heavy atom. The van der Waals surface area contributed by atoms with Gasteiger partial charge in [0.25, 0.3) is 0 Å². The maximum Gasteiger partial charge on any atom is 0.237 e. The molecule has 1 aliphatic rings. The number of carbonyl (C=O) groups is 1. The van der Waals surface area contributed by atoms with E-state index < -0.39 is 0 Å². The van der Waals surface area contributed by atoms with Gasteiger partial charge in [-0.3, -0.25) is 4.79 Å². The molecule has 1 amide bonds. The summed E-state index contributed by atoms with van der Waals surface area (Å²) in [7, 11) is 0. The second kappa shape index (κ2) is 12.9. The lowest BCUT2D eigenvalue weighted by Crippen LogP contribution is -2.26. The minimum absolute atomic E-state index is 0.0225. The van der Waals surface area contributed by atoms with Gasteiger partial charge in [-0.2, -0.15) is 0 Å². The second-order valence-corrected chi connectivity index (χ2v) is 11.8. The summed E-state index contributed by atoms with van der Waals surface area (Å²) < 4.78 is 0. The van der Waals surface area contributed by atoms with Crippen molar-refractivity contribution in [3.05, 3.63) is 88.5 Å². The fourth-order valence-electron chi connectivity index (χ4n) is 3.03. The van der Waals surface area contributed by atoms with Crippen LogP contribution in [-0.4, -0.2) is 16.4 Å². The molecule has 176 valence electrons. The van der Waals surface area contributed by atoms with Gasteiger partial charge in [0.2, 0.25) is 5.91 Å². The predicted molar refractivity (Wildman–Crippen MR) is 148 cm³/mol. The molecule has 0 fully saturated rings. The molecule has 4 heteroatoms. The van der Waals surface area contributed by atoms with Gasteiger partial charge < -0.3 is 5.32 Å². The smallest absolute Gasteiger partial charge is 0.237 e. The Balaban J connectivity index is 0.000000180. The third kappa shape index (κ3) is 9.30. The van der Waals surface area contributed by atoms with Crippen molar-refractivity contribution in [1.29, 1.82) is 0 Å². The zero-order valence-electron chi connectivity index (χ0n) is 21.2. The molecule has 4 rings (SSSR count). The maximum atomic E-state index is 11.3. The number of fused-ring (bicyclic) bond motifs is 1. The van der Waals surface area contributed by atoms with Gasteiger partial charge in [0, 0.05) is 15.0 Å². The molecule has 0 bridgehead atoms. The molecule has 33 heavy (non-hydrogen) atoms. The summed E-state index contributed by atoms with van der Waals surface area (Å²) >= 11 is 3.56. The number of aryl methyl sites for hydroxylation is 5. The fraction of sp³-hybridized carbons (Fsp3) is 0.345. The van der Waals surface area contributed by atoms with Crippen molar-refractivity contribution in [3.8, 4) is 0 Å². The highest BCUT2D eigenvalue weighted by molar-refractivity contribution is 8.01. The topological polar surface area (TPSA) is 29.1 Å². The second-order valence-electron chi connectivity index (χ2n) is 8.84. The number of benzene rings is 3. The van der Waals surface area contributed by atoms with Crippen LogP contribution in [-0.2, 0) is 4.79 Å². The SMILES string of the molecule is Cc1ccc(C)c(SC(C)C)c1.Cc1ccc(C)cc1.Cc1ccc2c(c1)SC(C)C(=O)N2. The number of anilines is 1. The lowest BCUT2D eigenvalue weighted by Gasteiger charge is -2.21. The van der Waals surface area contributed by atoms with Gasteiger partial charge in [0.15, 0.2) is 0 Å². The highest BCUT2D eigenvalue weighted by Gasteiger charge is 2.22. The van der Waals surface area contributed by atoms with Gasteiger partial charge in [0.05, 0.1) is 10.9 Å². The average molecular weight is 480 g/mol. The number of thioether (sulfide) groups is 2. The average Bonchev–Trinajstić information content (AvgIpc) is 2.75. The number of nitrogens with one attached hydrogen (secondary N) is 1. The molecule has 1 heterocycles. The van der Waals surface area contributed by atoms with E-state index in [0.29, 0.717) is 5.25 Å². The van der Waals surface area contributed by atoms with Crippen LogP contribution in [0.1, 0.15) is 48.6 Å². The molecule has 0 aromatic heterocycles. The van der Waals surface area contributed by atoms with Crippen LogP contribution in [0.25, 0.3) is 0 Å². The van der Waals surface area contributed by atoms with Gasteiger partial charge >= 0.3 is 0 Å². The van der Waals surface area contributed by atoms with E-state index in [4.69, 9.17) is 0 Å². The Bertz CT molecular complexity index is 1040. The summed E-state index contributed by atoms with van der Waals surface area (Å²) in [6, 6.07) is 21.2. The number of hydrogen-bond acceptors (Lipinski definition) is 3. The standard InChI is InChI=1S/C11H16S.C10H11NOS.C8H10/c1-8(2)12-11-7-9(3)5-6-10(11)4;1-6-3-4-8-9(5-6)13-7(2)10(12)11-8;1-7-3-5-8(2)6-4-7/h5-8H,1-4H3;3-5,7H,1-2H3,(H,11,12);3-6H,1-2H3. The lowest BCUT2D eigenvalue weighted by atomic mass is 10.2. The molecule has 1 aliphatic heterocycles. The van der Waals surface area contributed by atoms with Crippen LogP contribution < -0.4 is 5.32 Å². The van der Waals surface area contributed by atoms with Crippen LogP contribution in [0.2, 0.25) is 0 Å². The van der Waals surface area contributed by atoms with E-state index in [9.17, 15) is 4.79 Å². The van der Waals surface area contributed by atoms with E-state index in [1.807, 2.05) is 30.8 Å². The third-order valence-electron chi connectivity index (χ3n) is 4.99. The molecule has 0 aliphatic carbocycles. The molecular weight excluding hydrogens is 442 g/mol. The van der Waals surface area contributed by atoms with E-state index in [1.165, 1.54) is 37.6 Å². The molecule has 1 N–H and O–H groups in total. The lowest BCUT2D eigenvalue weighted by molar-refractivity contribution is -0.115.